The Balaban J connectivity index is 2.38. The molecule has 3 heteroatoms. The summed E-state index contributed by atoms with van der Waals surface area (Å²) in [5, 5.41) is 12.5. The number of aliphatic hydroxyl groups is 1. The molecule has 1 amide bonds. The summed E-state index contributed by atoms with van der Waals surface area (Å²) < 4.78 is 0. The fraction of sp³-hybridized carbons (Fsp3) is 0.923. The van der Waals surface area contributed by atoms with Crippen molar-refractivity contribution in [2.24, 2.45) is 5.41 Å². The summed E-state index contributed by atoms with van der Waals surface area (Å²) in [6.07, 6.45) is 6.61. The number of rotatable bonds is 6. The average molecular weight is 227 g/mol. The minimum Gasteiger partial charge on any atom is -0.391 e. The molecule has 0 saturated heterocycles. The highest BCUT2D eigenvalue weighted by Gasteiger charge is 2.39. The summed E-state index contributed by atoms with van der Waals surface area (Å²) in [5.74, 6) is 0.155. The molecule has 1 fully saturated rings. The van der Waals surface area contributed by atoms with Gasteiger partial charge in [0.25, 0.3) is 0 Å². The fourth-order valence-corrected chi connectivity index (χ4v) is 2.63. The lowest BCUT2D eigenvalue weighted by Gasteiger charge is -2.26. The molecular formula is C13H25NO2. The van der Waals surface area contributed by atoms with E-state index in [1.807, 2.05) is 6.92 Å². The van der Waals surface area contributed by atoms with E-state index in [1.54, 1.807) is 0 Å². The van der Waals surface area contributed by atoms with Crippen LogP contribution in [0.1, 0.15) is 58.8 Å². The van der Waals surface area contributed by atoms with Gasteiger partial charge in [0, 0.05) is 12.0 Å². The maximum absolute atomic E-state index is 12.1. The van der Waals surface area contributed by atoms with Crippen LogP contribution < -0.4 is 5.32 Å². The molecular weight excluding hydrogens is 202 g/mol. The van der Waals surface area contributed by atoms with Gasteiger partial charge in [0.1, 0.15) is 0 Å². The number of carbonyl (C=O) groups is 1. The number of carbonyl (C=O) groups excluding carboxylic acids is 1. The molecule has 1 rings (SSSR count). The van der Waals surface area contributed by atoms with Crippen molar-refractivity contribution in [1.29, 1.82) is 0 Å². The normalized spacial score (nSPS) is 20.7. The van der Waals surface area contributed by atoms with E-state index in [0.717, 1.165) is 32.1 Å². The minimum absolute atomic E-state index is 0.133. The predicted molar refractivity (Wildman–Crippen MR) is 65.1 cm³/mol. The standard InChI is InChI=1S/C13H25NO2/c1-3-7-11(15)10-14-12(16)13(4-2)8-5-6-9-13/h11,15H,3-10H2,1-2H3,(H,14,16). The van der Waals surface area contributed by atoms with Crippen LogP contribution in [0.4, 0.5) is 0 Å². The molecule has 16 heavy (non-hydrogen) atoms. The monoisotopic (exact) mass is 227 g/mol. The Kier molecular flexibility index (Phi) is 5.26. The number of nitrogens with one attached hydrogen (secondary N) is 1. The Hall–Kier alpha value is -0.570. The highest BCUT2D eigenvalue weighted by molar-refractivity contribution is 5.82. The van der Waals surface area contributed by atoms with Crippen molar-refractivity contribution in [3.05, 3.63) is 0 Å². The highest BCUT2D eigenvalue weighted by Crippen LogP contribution is 2.40. The van der Waals surface area contributed by atoms with Gasteiger partial charge in [-0.05, 0) is 25.7 Å². The number of amides is 1. The molecule has 0 heterocycles. The van der Waals surface area contributed by atoms with E-state index in [0.29, 0.717) is 6.54 Å². The van der Waals surface area contributed by atoms with Gasteiger partial charge < -0.3 is 10.4 Å². The van der Waals surface area contributed by atoms with Gasteiger partial charge >= 0.3 is 0 Å². The molecule has 0 bridgehead atoms. The topological polar surface area (TPSA) is 49.3 Å². The van der Waals surface area contributed by atoms with E-state index in [1.165, 1.54) is 12.8 Å². The second kappa shape index (κ2) is 6.24. The molecule has 1 atom stereocenters. The van der Waals surface area contributed by atoms with Crippen molar-refractivity contribution >= 4 is 5.91 Å². The Morgan fingerprint density at radius 1 is 1.38 bits per heavy atom. The highest BCUT2D eigenvalue weighted by atomic mass is 16.3. The third-order valence-corrected chi connectivity index (χ3v) is 3.84. The Morgan fingerprint density at radius 3 is 2.50 bits per heavy atom. The predicted octanol–water partition coefficient (Wildman–Crippen LogP) is 2.23. The molecule has 0 aromatic rings. The second-order valence-corrected chi connectivity index (χ2v) is 4.99. The van der Waals surface area contributed by atoms with Crippen LogP contribution in [0.5, 0.6) is 0 Å². The van der Waals surface area contributed by atoms with Crippen LogP contribution in [-0.4, -0.2) is 23.7 Å². The van der Waals surface area contributed by atoms with Crippen LogP contribution in [0, 0.1) is 5.41 Å². The largest absolute Gasteiger partial charge is 0.391 e. The molecule has 0 aromatic carbocycles. The van der Waals surface area contributed by atoms with Gasteiger partial charge in [-0.1, -0.05) is 33.1 Å². The van der Waals surface area contributed by atoms with Crippen LogP contribution in [-0.2, 0) is 4.79 Å². The van der Waals surface area contributed by atoms with Gasteiger partial charge in [-0.15, -0.1) is 0 Å². The molecule has 0 spiro atoms. The molecule has 1 saturated carbocycles. The lowest BCUT2D eigenvalue weighted by molar-refractivity contribution is -0.131. The quantitative estimate of drug-likeness (QED) is 0.731. The molecule has 1 unspecified atom stereocenters. The lowest BCUT2D eigenvalue weighted by atomic mass is 9.82. The first-order valence-electron chi connectivity index (χ1n) is 6.61. The van der Waals surface area contributed by atoms with Gasteiger partial charge in [-0.2, -0.15) is 0 Å². The third-order valence-electron chi connectivity index (χ3n) is 3.84. The Morgan fingerprint density at radius 2 is 2.00 bits per heavy atom. The molecule has 2 N–H and O–H groups in total. The van der Waals surface area contributed by atoms with Crippen molar-refractivity contribution in [2.75, 3.05) is 6.54 Å². The first-order valence-corrected chi connectivity index (χ1v) is 6.61. The second-order valence-electron chi connectivity index (χ2n) is 4.99. The average Bonchev–Trinajstić information content (AvgIpc) is 2.76. The molecule has 1 aliphatic rings. The number of hydrogen-bond acceptors (Lipinski definition) is 2. The zero-order chi connectivity index (χ0) is 12.0. The smallest absolute Gasteiger partial charge is 0.226 e. The van der Waals surface area contributed by atoms with Crippen LogP contribution in [0.3, 0.4) is 0 Å². The molecule has 0 radical (unpaired) electrons. The number of aliphatic hydroxyl groups excluding tert-OH is 1. The van der Waals surface area contributed by atoms with Crippen molar-refractivity contribution in [3.8, 4) is 0 Å². The summed E-state index contributed by atoms with van der Waals surface area (Å²) >= 11 is 0. The van der Waals surface area contributed by atoms with Crippen LogP contribution in [0.2, 0.25) is 0 Å². The summed E-state index contributed by atoms with van der Waals surface area (Å²) in [6.45, 7) is 4.54. The first-order chi connectivity index (χ1) is 7.64. The van der Waals surface area contributed by atoms with Gasteiger partial charge in [0.05, 0.1) is 6.10 Å². The number of hydrogen-bond donors (Lipinski definition) is 2. The molecule has 0 aliphatic heterocycles. The molecule has 3 nitrogen and oxygen atoms in total. The zero-order valence-electron chi connectivity index (χ0n) is 10.6. The zero-order valence-corrected chi connectivity index (χ0v) is 10.6. The summed E-state index contributed by atoms with van der Waals surface area (Å²) in [5.41, 5.74) is -0.133. The van der Waals surface area contributed by atoms with Crippen LogP contribution in [0.25, 0.3) is 0 Å². The Bertz CT molecular complexity index is 222. The molecule has 0 aromatic heterocycles. The van der Waals surface area contributed by atoms with Crippen molar-refractivity contribution in [1.82, 2.24) is 5.32 Å². The van der Waals surface area contributed by atoms with E-state index < -0.39 is 0 Å². The fourth-order valence-electron chi connectivity index (χ4n) is 2.63. The van der Waals surface area contributed by atoms with E-state index in [2.05, 4.69) is 12.2 Å². The van der Waals surface area contributed by atoms with Gasteiger partial charge in [-0.3, -0.25) is 4.79 Å². The van der Waals surface area contributed by atoms with Crippen LogP contribution in [0.15, 0.2) is 0 Å². The molecule has 1 aliphatic carbocycles. The van der Waals surface area contributed by atoms with Gasteiger partial charge in [0.15, 0.2) is 0 Å². The van der Waals surface area contributed by atoms with E-state index >= 15 is 0 Å². The maximum Gasteiger partial charge on any atom is 0.226 e. The third kappa shape index (κ3) is 3.21. The van der Waals surface area contributed by atoms with Gasteiger partial charge in [0.2, 0.25) is 5.91 Å². The van der Waals surface area contributed by atoms with Crippen molar-refractivity contribution in [2.45, 2.75) is 64.9 Å². The van der Waals surface area contributed by atoms with E-state index in [4.69, 9.17) is 0 Å². The first kappa shape index (κ1) is 13.5. The maximum atomic E-state index is 12.1. The summed E-state index contributed by atoms with van der Waals surface area (Å²) in [6, 6.07) is 0. The lowest BCUT2D eigenvalue weighted by Crippen LogP contribution is -2.42. The van der Waals surface area contributed by atoms with E-state index in [-0.39, 0.29) is 17.4 Å². The minimum atomic E-state index is -0.385. The summed E-state index contributed by atoms with van der Waals surface area (Å²) in [4.78, 5) is 12.1. The SMILES string of the molecule is CCCC(O)CNC(=O)C1(CC)CCCC1. The van der Waals surface area contributed by atoms with Crippen molar-refractivity contribution in [3.63, 3.8) is 0 Å². The van der Waals surface area contributed by atoms with Gasteiger partial charge in [-0.25, -0.2) is 0 Å². The van der Waals surface area contributed by atoms with Crippen molar-refractivity contribution < 1.29 is 9.90 Å². The summed E-state index contributed by atoms with van der Waals surface area (Å²) in [7, 11) is 0. The molecule has 94 valence electrons. The Labute approximate surface area is 98.6 Å². The van der Waals surface area contributed by atoms with E-state index in [9.17, 15) is 9.90 Å². The van der Waals surface area contributed by atoms with Crippen LogP contribution >= 0.6 is 0 Å².